The first-order chi connectivity index (χ1) is 8.31. The quantitative estimate of drug-likeness (QED) is 0.835. The normalized spacial score (nSPS) is 24.6. The molecule has 90 valence electrons. The van der Waals surface area contributed by atoms with Crippen LogP contribution in [0.5, 0.6) is 0 Å². The molecule has 3 rings (SSSR count). The van der Waals surface area contributed by atoms with E-state index in [1.807, 2.05) is 6.07 Å². The van der Waals surface area contributed by atoms with Gasteiger partial charge in [-0.3, -0.25) is 4.98 Å². The van der Waals surface area contributed by atoms with Crippen LogP contribution >= 0.6 is 0 Å². The van der Waals surface area contributed by atoms with Gasteiger partial charge in [0.15, 0.2) is 0 Å². The Morgan fingerprint density at radius 3 is 3.12 bits per heavy atom. The maximum absolute atomic E-state index is 6.06. The van der Waals surface area contributed by atoms with Crippen molar-refractivity contribution in [3.63, 3.8) is 0 Å². The van der Waals surface area contributed by atoms with Crippen molar-refractivity contribution in [2.75, 3.05) is 13.2 Å². The zero-order valence-electron chi connectivity index (χ0n) is 9.84. The van der Waals surface area contributed by atoms with Crippen molar-refractivity contribution in [3.05, 3.63) is 24.3 Å². The van der Waals surface area contributed by atoms with Crippen LogP contribution in [0.1, 0.15) is 18.7 Å². The maximum atomic E-state index is 6.06. The summed E-state index contributed by atoms with van der Waals surface area (Å²) in [5.74, 6) is 1.22. The largest absolute Gasteiger partial charge is 0.379 e. The second kappa shape index (κ2) is 4.09. The molecule has 0 radical (unpaired) electrons. The summed E-state index contributed by atoms with van der Waals surface area (Å²) in [6.45, 7) is 4.29. The monoisotopic (exact) mass is 232 g/mol. The van der Waals surface area contributed by atoms with E-state index in [0.29, 0.717) is 13.2 Å². The van der Waals surface area contributed by atoms with E-state index < -0.39 is 0 Å². The van der Waals surface area contributed by atoms with Gasteiger partial charge in [0.25, 0.3) is 0 Å². The van der Waals surface area contributed by atoms with Gasteiger partial charge in [-0.05, 0) is 13.0 Å². The molecule has 2 unspecified atom stereocenters. The number of aryl methyl sites for hydroxylation is 1. The van der Waals surface area contributed by atoms with Crippen LogP contribution in [0.2, 0.25) is 0 Å². The second-order valence-electron chi connectivity index (χ2n) is 4.39. The standard InChI is InChI=1S/C12H16N4O/c1-2-16-11-3-4-14-5-10(11)15-12(16)8-6-17-7-9(8)13/h3-5,8-9H,2,6-7,13H2,1H3. The summed E-state index contributed by atoms with van der Waals surface area (Å²) in [7, 11) is 0. The highest BCUT2D eigenvalue weighted by Crippen LogP contribution is 2.27. The van der Waals surface area contributed by atoms with Crippen LogP contribution in [-0.4, -0.2) is 33.8 Å². The van der Waals surface area contributed by atoms with Gasteiger partial charge in [0.05, 0.1) is 30.8 Å². The predicted octanol–water partition coefficient (Wildman–Crippen LogP) is 0.892. The summed E-state index contributed by atoms with van der Waals surface area (Å²) in [6, 6.07) is 2.04. The van der Waals surface area contributed by atoms with Gasteiger partial charge in [-0.1, -0.05) is 0 Å². The number of ether oxygens (including phenoxy) is 1. The van der Waals surface area contributed by atoms with Crippen molar-refractivity contribution in [1.29, 1.82) is 0 Å². The van der Waals surface area contributed by atoms with Crippen LogP contribution in [0.3, 0.4) is 0 Å². The van der Waals surface area contributed by atoms with Gasteiger partial charge in [0.1, 0.15) is 11.3 Å². The van der Waals surface area contributed by atoms with Crippen molar-refractivity contribution in [2.45, 2.75) is 25.4 Å². The Hall–Kier alpha value is -1.46. The third-order valence-corrected chi connectivity index (χ3v) is 3.35. The SMILES string of the molecule is CCn1c(C2COCC2N)nc2cnccc21. The van der Waals surface area contributed by atoms with E-state index in [4.69, 9.17) is 10.5 Å². The molecule has 5 nitrogen and oxygen atoms in total. The number of nitrogens with zero attached hydrogens (tertiary/aromatic N) is 3. The van der Waals surface area contributed by atoms with Gasteiger partial charge in [-0.25, -0.2) is 4.98 Å². The molecule has 2 N–H and O–H groups in total. The van der Waals surface area contributed by atoms with Gasteiger partial charge in [0, 0.05) is 18.8 Å². The molecule has 2 aromatic rings. The van der Waals surface area contributed by atoms with Crippen LogP contribution in [-0.2, 0) is 11.3 Å². The summed E-state index contributed by atoms with van der Waals surface area (Å²) in [6.07, 6.45) is 3.59. The Morgan fingerprint density at radius 1 is 1.53 bits per heavy atom. The highest BCUT2D eigenvalue weighted by atomic mass is 16.5. The van der Waals surface area contributed by atoms with Crippen LogP contribution in [0.25, 0.3) is 11.0 Å². The summed E-state index contributed by atoms with van der Waals surface area (Å²) in [5, 5.41) is 0. The van der Waals surface area contributed by atoms with E-state index in [-0.39, 0.29) is 12.0 Å². The Bertz CT molecular complexity index is 536. The molecular formula is C12H16N4O. The van der Waals surface area contributed by atoms with Crippen molar-refractivity contribution in [2.24, 2.45) is 5.73 Å². The third kappa shape index (κ3) is 1.62. The van der Waals surface area contributed by atoms with E-state index in [2.05, 4.69) is 21.5 Å². The highest BCUT2D eigenvalue weighted by Gasteiger charge is 2.30. The highest BCUT2D eigenvalue weighted by molar-refractivity contribution is 5.74. The lowest BCUT2D eigenvalue weighted by molar-refractivity contribution is 0.190. The molecule has 0 bridgehead atoms. The molecule has 5 heteroatoms. The van der Waals surface area contributed by atoms with Crippen molar-refractivity contribution < 1.29 is 4.74 Å². The lowest BCUT2D eigenvalue weighted by atomic mass is 10.0. The van der Waals surface area contributed by atoms with E-state index in [1.54, 1.807) is 12.4 Å². The molecule has 3 heterocycles. The zero-order valence-corrected chi connectivity index (χ0v) is 9.84. The maximum Gasteiger partial charge on any atom is 0.117 e. The summed E-state index contributed by atoms with van der Waals surface area (Å²) < 4.78 is 7.63. The number of aromatic nitrogens is 3. The molecular weight excluding hydrogens is 216 g/mol. The number of hydrogen-bond donors (Lipinski definition) is 1. The molecule has 1 saturated heterocycles. The molecule has 2 atom stereocenters. The number of pyridine rings is 1. The smallest absolute Gasteiger partial charge is 0.117 e. The van der Waals surface area contributed by atoms with E-state index in [9.17, 15) is 0 Å². The lowest BCUT2D eigenvalue weighted by Gasteiger charge is -2.14. The van der Waals surface area contributed by atoms with E-state index in [1.165, 1.54) is 0 Å². The fourth-order valence-corrected chi connectivity index (χ4v) is 2.45. The predicted molar refractivity (Wildman–Crippen MR) is 64.7 cm³/mol. The minimum atomic E-state index is 0.0464. The molecule has 0 aliphatic carbocycles. The Balaban J connectivity index is 2.15. The summed E-state index contributed by atoms with van der Waals surface area (Å²) >= 11 is 0. The van der Waals surface area contributed by atoms with E-state index in [0.717, 1.165) is 23.4 Å². The van der Waals surface area contributed by atoms with Crippen molar-refractivity contribution in [1.82, 2.24) is 14.5 Å². The van der Waals surface area contributed by atoms with Gasteiger partial charge >= 0.3 is 0 Å². The van der Waals surface area contributed by atoms with Crippen LogP contribution in [0, 0.1) is 0 Å². The minimum Gasteiger partial charge on any atom is -0.379 e. The number of nitrogens with two attached hydrogens (primary N) is 1. The summed E-state index contributed by atoms with van der Waals surface area (Å²) in [5.41, 5.74) is 8.12. The van der Waals surface area contributed by atoms with Gasteiger partial charge in [-0.2, -0.15) is 0 Å². The number of rotatable bonds is 2. The lowest BCUT2D eigenvalue weighted by Crippen LogP contribution is -2.28. The Morgan fingerprint density at radius 2 is 2.41 bits per heavy atom. The molecule has 0 saturated carbocycles. The number of fused-ring (bicyclic) bond motifs is 1. The Kier molecular flexibility index (Phi) is 2.57. The first-order valence-electron chi connectivity index (χ1n) is 5.94. The van der Waals surface area contributed by atoms with E-state index >= 15 is 0 Å². The van der Waals surface area contributed by atoms with Crippen LogP contribution in [0.4, 0.5) is 0 Å². The fourth-order valence-electron chi connectivity index (χ4n) is 2.45. The van der Waals surface area contributed by atoms with Gasteiger partial charge in [-0.15, -0.1) is 0 Å². The Labute approximate surface area is 99.6 Å². The molecule has 1 fully saturated rings. The third-order valence-electron chi connectivity index (χ3n) is 3.35. The van der Waals surface area contributed by atoms with Gasteiger partial charge in [0.2, 0.25) is 0 Å². The average Bonchev–Trinajstić information content (AvgIpc) is 2.91. The van der Waals surface area contributed by atoms with Crippen LogP contribution < -0.4 is 5.73 Å². The molecule has 17 heavy (non-hydrogen) atoms. The van der Waals surface area contributed by atoms with Gasteiger partial charge < -0.3 is 15.0 Å². The molecule has 0 aromatic carbocycles. The molecule has 2 aromatic heterocycles. The first-order valence-corrected chi connectivity index (χ1v) is 5.94. The van der Waals surface area contributed by atoms with Crippen molar-refractivity contribution >= 4 is 11.0 Å². The molecule has 1 aliphatic heterocycles. The fraction of sp³-hybridized carbons (Fsp3) is 0.500. The van der Waals surface area contributed by atoms with Crippen molar-refractivity contribution in [3.8, 4) is 0 Å². The zero-order chi connectivity index (χ0) is 11.8. The topological polar surface area (TPSA) is 66.0 Å². The number of imidazole rings is 1. The molecule has 0 spiro atoms. The number of hydrogen-bond acceptors (Lipinski definition) is 4. The second-order valence-corrected chi connectivity index (χ2v) is 4.39. The molecule has 1 aliphatic rings. The average molecular weight is 232 g/mol. The summed E-state index contributed by atoms with van der Waals surface area (Å²) in [4.78, 5) is 8.77. The van der Waals surface area contributed by atoms with Crippen LogP contribution in [0.15, 0.2) is 18.5 Å². The first kappa shape index (κ1) is 10.7. The minimum absolute atomic E-state index is 0.0464. The molecule has 0 amide bonds.